The molecule has 0 saturated carbocycles. The number of aromatic nitrogens is 2. The molecule has 0 spiro atoms. The molecule has 0 bridgehead atoms. The van der Waals surface area contributed by atoms with Gasteiger partial charge in [-0.3, -0.25) is 4.79 Å². The molecule has 0 radical (unpaired) electrons. The first-order chi connectivity index (χ1) is 22.5. The normalized spacial score (nSPS) is 14.6. The van der Waals surface area contributed by atoms with E-state index in [2.05, 4.69) is 34.6 Å². The molecular weight excluding hydrogens is 625 g/mol. The van der Waals surface area contributed by atoms with Gasteiger partial charge in [0.1, 0.15) is 29.4 Å². The summed E-state index contributed by atoms with van der Waals surface area (Å²) in [6.07, 6.45) is -0.312. The Labute approximate surface area is 277 Å². The van der Waals surface area contributed by atoms with Crippen LogP contribution in [0, 0.1) is 5.82 Å². The Morgan fingerprint density at radius 1 is 0.979 bits per heavy atom. The summed E-state index contributed by atoms with van der Waals surface area (Å²) in [5.41, 5.74) is 3.32. The van der Waals surface area contributed by atoms with Crippen molar-refractivity contribution in [3.05, 3.63) is 98.8 Å². The third kappa shape index (κ3) is 6.76. The number of rotatable bonds is 7. The summed E-state index contributed by atoms with van der Waals surface area (Å²) < 4.78 is 27.4. The molecule has 2 aliphatic rings. The molecule has 6 rings (SSSR count). The molecule has 4 aromatic rings. The summed E-state index contributed by atoms with van der Waals surface area (Å²) in [5.74, 6) is -0.382. The van der Waals surface area contributed by atoms with Crippen LogP contribution in [0.25, 0.3) is 22.0 Å². The van der Waals surface area contributed by atoms with Crippen molar-refractivity contribution in [2.45, 2.75) is 45.1 Å². The average molecular weight is 662 g/mol. The van der Waals surface area contributed by atoms with Gasteiger partial charge in [0.25, 0.3) is 5.56 Å². The van der Waals surface area contributed by atoms with E-state index >= 15 is 0 Å². The largest absolute Gasteiger partial charge is 0.449 e. The van der Waals surface area contributed by atoms with Crippen molar-refractivity contribution in [3.63, 3.8) is 0 Å². The highest BCUT2D eigenvalue weighted by Crippen LogP contribution is 2.44. The number of piperazine rings is 1. The monoisotopic (exact) mass is 661 g/mol. The van der Waals surface area contributed by atoms with Crippen molar-refractivity contribution < 1.29 is 23.5 Å². The predicted molar refractivity (Wildman–Crippen MR) is 178 cm³/mol. The van der Waals surface area contributed by atoms with Gasteiger partial charge in [-0.1, -0.05) is 60.1 Å². The highest BCUT2D eigenvalue weighted by molar-refractivity contribution is 6.35. The molecule has 1 saturated heterocycles. The van der Waals surface area contributed by atoms with Crippen LogP contribution in [-0.2, 0) is 15.9 Å². The van der Waals surface area contributed by atoms with Gasteiger partial charge in [0.05, 0.1) is 23.5 Å². The fourth-order valence-electron chi connectivity index (χ4n) is 6.20. The number of hydrogen-bond acceptors (Lipinski definition) is 7. The van der Waals surface area contributed by atoms with E-state index in [1.165, 1.54) is 16.8 Å². The van der Waals surface area contributed by atoms with Crippen molar-refractivity contribution in [2.24, 2.45) is 0 Å². The van der Waals surface area contributed by atoms with Gasteiger partial charge < -0.3 is 24.7 Å². The molecule has 246 valence electrons. The minimum Gasteiger partial charge on any atom is -0.449 e. The van der Waals surface area contributed by atoms with Gasteiger partial charge in [0.15, 0.2) is 0 Å². The molecule has 1 aromatic heterocycles. The highest BCUT2D eigenvalue weighted by atomic mass is 35.5. The summed E-state index contributed by atoms with van der Waals surface area (Å²) in [7, 11) is 0. The Morgan fingerprint density at radius 3 is 2.26 bits per heavy atom. The molecule has 0 atom stereocenters. The number of amides is 2. The lowest BCUT2D eigenvalue weighted by atomic mass is 9.98. The highest BCUT2D eigenvalue weighted by Gasteiger charge is 2.30. The molecule has 1 N–H and O–H groups in total. The molecule has 2 heterocycles. The maximum Gasteiger partial charge on any atom is 0.410 e. The number of carbonyl (C=O) groups is 2. The maximum absolute atomic E-state index is 14.9. The number of aryl methyl sites for hydroxylation is 1. The van der Waals surface area contributed by atoms with Crippen LogP contribution < -0.4 is 15.9 Å². The SMILES string of the molecule is CC(C)(C)OC(=O)N1CCN(n2c(CCCNC(=O)OCC3c4ccccc4-c4ccccc43)nc3c(F)ccc(Cl)c3c2=O)CC1. The summed E-state index contributed by atoms with van der Waals surface area (Å²) in [4.78, 5) is 45.2. The summed E-state index contributed by atoms with van der Waals surface area (Å²) >= 11 is 6.35. The lowest BCUT2D eigenvalue weighted by Crippen LogP contribution is -2.56. The molecular formula is C35H37ClFN5O5. The molecule has 10 nitrogen and oxygen atoms in total. The molecule has 2 amide bonds. The van der Waals surface area contributed by atoms with Crippen LogP contribution in [0.1, 0.15) is 50.1 Å². The fraction of sp³-hybridized carbons (Fsp3) is 0.371. The van der Waals surface area contributed by atoms with Gasteiger partial charge in [-0.05, 0) is 61.6 Å². The Hall–Kier alpha value is -4.64. The Kier molecular flexibility index (Phi) is 9.09. The number of fused-ring (bicyclic) bond motifs is 4. The molecule has 12 heteroatoms. The quantitative estimate of drug-likeness (QED) is 0.248. The van der Waals surface area contributed by atoms with Crippen LogP contribution in [0.3, 0.4) is 0 Å². The van der Waals surface area contributed by atoms with Gasteiger partial charge in [0.2, 0.25) is 0 Å². The summed E-state index contributed by atoms with van der Waals surface area (Å²) in [6, 6.07) is 18.8. The number of ether oxygens (including phenoxy) is 2. The fourth-order valence-corrected chi connectivity index (χ4v) is 6.43. The van der Waals surface area contributed by atoms with Gasteiger partial charge in [-0.25, -0.2) is 23.6 Å². The summed E-state index contributed by atoms with van der Waals surface area (Å²) in [5, 5.41) is 4.66. The van der Waals surface area contributed by atoms with E-state index in [9.17, 15) is 18.8 Å². The lowest BCUT2D eigenvalue weighted by Gasteiger charge is -2.37. The molecule has 1 aliphatic heterocycles. The number of hydrogen-bond donors (Lipinski definition) is 1. The van der Waals surface area contributed by atoms with Crippen LogP contribution in [0.15, 0.2) is 65.5 Å². The smallest absolute Gasteiger partial charge is 0.410 e. The zero-order valence-corrected chi connectivity index (χ0v) is 27.3. The minimum absolute atomic E-state index is 0.0123. The number of benzene rings is 3. The molecule has 0 unspecified atom stereocenters. The first-order valence-corrected chi connectivity index (χ1v) is 16.1. The molecule has 47 heavy (non-hydrogen) atoms. The standard InChI is InChI=1S/C35H37ClFN5O5/c1-35(2,3)47-34(45)40-17-19-41(20-18-40)42-29(39-31-28(37)15-14-27(36)30(31)32(42)43)13-8-16-38-33(44)46-21-26-24-11-6-4-9-22(24)23-10-5-7-12-25(23)26/h4-7,9-12,14-15,26H,8,13,16-21H2,1-3H3,(H,38,44). The summed E-state index contributed by atoms with van der Waals surface area (Å²) in [6.45, 7) is 7.14. The van der Waals surface area contributed by atoms with Crippen molar-refractivity contribution in [3.8, 4) is 11.1 Å². The first kappa shape index (κ1) is 32.3. The number of carbonyl (C=O) groups excluding carboxylic acids is 2. The predicted octanol–water partition coefficient (Wildman–Crippen LogP) is 5.85. The van der Waals surface area contributed by atoms with Crippen LogP contribution in [0.2, 0.25) is 5.02 Å². The van der Waals surface area contributed by atoms with Crippen LogP contribution in [0.5, 0.6) is 0 Å². The van der Waals surface area contributed by atoms with Gasteiger partial charge in [-0.2, -0.15) is 0 Å². The first-order valence-electron chi connectivity index (χ1n) is 15.7. The topological polar surface area (TPSA) is 106 Å². The van der Waals surface area contributed by atoms with E-state index < -0.39 is 29.2 Å². The van der Waals surface area contributed by atoms with Crippen molar-refractivity contribution in [1.29, 1.82) is 0 Å². The van der Waals surface area contributed by atoms with Gasteiger partial charge in [0, 0.05) is 32.0 Å². The van der Waals surface area contributed by atoms with E-state index in [4.69, 9.17) is 21.1 Å². The van der Waals surface area contributed by atoms with Crippen molar-refractivity contribution in [2.75, 3.05) is 44.3 Å². The van der Waals surface area contributed by atoms with Gasteiger partial charge >= 0.3 is 12.2 Å². The Bertz CT molecular complexity index is 1840. The number of nitrogens with zero attached hydrogens (tertiary/aromatic N) is 4. The second-order valence-corrected chi connectivity index (χ2v) is 13.1. The number of alkyl carbamates (subject to hydrolysis) is 1. The second-order valence-electron chi connectivity index (χ2n) is 12.7. The van der Waals surface area contributed by atoms with Crippen molar-refractivity contribution in [1.82, 2.24) is 19.9 Å². The number of nitrogens with one attached hydrogen (secondary N) is 1. The Morgan fingerprint density at radius 2 is 1.62 bits per heavy atom. The van der Waals surface area contributed by atoms with Crippen LogP contribution in [-0.4, -0.2) is 71.7 Å². The average Bonchev–Trinajstić information content (AvgIpc) is 3.36. The minimum atomic E-state index is -0.651. The van der Waals surface area contributed by atoms with Gasteiger partial charge in [-0.15, -0.1) is 0 Å². The molecule has 3 aromatic carbocycles. The van der Waals surface area contributed by atoms with Crippen LogP contribution in [0.4, 0.5) is 14.0 Å². The van der Waals surface area contributed by atoms with E-state index in [0.29, 0.717) is 38.4 Å². The second kappa shape index (κ2) is 13.2. The third-order valence-corrected chi connectivity index (χ3v) is 8.67. The van der Waals surface area contributed by atoms with E-state index in [1.54, 1.807) is 30.7 Å². The zero-order chi connectivity index (χ0) is 33.3. The zero-order valence-electron chi connectivity index (χ0n) is 26.6. The lowest BCUT2D eigenvalue weighted by molar-refractivity contribution is 0.0231. The van der Waals surface area contributed by atoms with E-state index in [-0.39, 0.29) is 41.4 Å². The molecule has 1 fully saturated rings. The van der Waals surface area contributed by atoms with E-state index in [0.717, 1.165) is 22.3 Å². The third-order valence-electron chi connectivity index (χ3n) is 8.35. The van der Waals surface area contributed by atoms with E-state index in [1.807, 2.05) is 24.3 Å². The Balaban J connectivity index is 1.12. The van der Waals surface area contributed by atoms with Crippen molar-refractivity contribution >= 4 is 34.7 Å². The van der Waals surface area contributed by atoms with Crippen LogP contribution >= 0.6 is 11.6 Å². The maximum atomic E-state index is 14.9. The molecule has 1 aliphatic carbocycles. The number of halogens is 2.